The molecule has 1 aliphatic heterocycles. The second-order valence-corrected chi connectivity index (χ2v) is 5.68. The van der Waals surface area contributed by atoms with Gasteiger partial charge in [-0.15, -0.1) is 0 Å². The average molecular weight is 350 g/mol. The van der Waals surface area contributed by atoms with Crippen LogP contribution in [-0.4, -0.2) is 81.5 Å². The second kappa shape index (κ2) is 9.29. The summed E-state index contributed by atoms with van der Waals surface area (Å²) in [6.07, 6.45) is 3.30. The van der Waals surface area contributed by atoms with Crippen LogP contribution in [0.15, 0.2) is 18.2 Å². The van der Waals surface area contributed by atoms with Gasteiger partial charge in [-0.3, -0.25) is 9.69 Å². The summed E-state index contributed by atoms with van der Waals surface area (Å²) in [5.41, 5.74) is 0.793. The number of carbonyl (C=O) groups excluding carboxylic acids is 1. The van der Waals surface area contributed by atoms with E-state index in [0.717, 1.165) is 18.7 Å². The fourth-order valence-electron chi connectivity index (χ4n) is 2.80. The summed E-state index contributed by atoms with van der Waals surface area (Å²) in [6.45, 7) is 3.70. The number of amides is 1. The molecule has 25 heavy (non-hydrogen) atoms. The minimum absolute atomic E-state index is 0.0302. The van der Waals surface area contributed by atoms with Gasteiger partial charge in [0.05, 0.1) is 27.9 Å². The number of carbonyl (C=O) groups is 1. The van der Waals surface area contributed by atoms with Crippen LogP contribution in [0.1, 0.15) is 5.56 Å². The van der Waals surface area contributed by atoms with Crippen LogP contribution in [0, 0.1) is 0 Å². The molecule has 2 rings (SSSR count). The van der Waals surface area contributed by atoms with Gasteiger partial charge in [0.1, 0.15) is 0 Å². The number of piperazine rings is 1. The van der Waals surface area contributed by atoms with E-state index in [-0.39, 0.29) is 12.5 Å². The summed E-state index contributed by atoms with van der Waals surface area (Å²) < 4.78 is 15.9. The molecular formula is C18H26N2O5. The Balaban J connectivity index is 2.05. The highest BCUT2D eigenvalue weighted by molar-refractivity contribution is 5.92. The van der Waals surface area contributed by atoms with Gasteiger partial charge in [-0.1, -0.05) is 0 Å². The number of rotatable bonds is 7. The van der Waals surface area contributed by atoms with Crippen LogP contribution in [0.3, 0.4) is 0 Å². The van der Waals surface area contributed by atoms with Crippen LogP contribution in [0.5, 0.6) is 17.2 Å². The number of hydrogen-bond donors (Lipinski definition) is 1. The first-order valence-electron chi connectivity index (χ1n) is 8.23. The molecule has 0 spiro atoms. The lowest BCUT2D eigenvalue weighted by Gasteiger charge is -2.33. The fourth-order valence-corrected chi connectivity index (χ4v) is 2.80. The maximum atomic E-state index is 12.4. The third-order valence-electron chi connectivity index (χ3n) is 4.21. The lowest BCUT2D eigenvalue weighted by atomic mass is 10.1. The minimum Gasteiger partial charge on any atom is -0.493 e. The predicted octanol–water partition coefficient (Wildman–Crippen LogP) is 0.862. The predicted molar refractivity (Wildman–Crippen MR) is 95.2 cm³/mol. The van der Waals surface area contributed by atoms with Crippen molar-refractivity contribution >= 4 is 12.0 Å². The molecule has 0 aromatic heterocycles. The first kappa shape index (κ1) is 19.1. The van der Waals surface area contributed by atoms with Gasteiger partial charge in [0.15, 0.2) is 11.5 Å². The highest BCUT2D eigenvalue weighted by Gasteiger charge is 2.19. The SMILES string of the molecule is COc1cc(/C=C/C(=O)N2CCN(CCO)CC2)cc(OC)c1OC. The van der Waals surface area contributed by atoms with Crippen molar-refractivity contribution < 1.29 is 24.1 Å². The standard InChI is InChI=1S/C18H26N2O5/c1-23-15-12-14(13-16(24-2)18(15)25-3)4-5-17(22)20-8-6-19(7-9-20)10-11-21/h4-5,12-13,21H,6-11H2,1-3H3/b5-4+. The molecule has 0 bridgehead atoms. The van der Waals surface area contributed by atoms with Crippen molar-refractivity contribution in [1.82, 2.24) is 9.80 Å². The highest BCUT2D eigenvalue weighted by Crippen LogP contribution is 2.38. The van der Waals surface area contributed by atoms with Crippen molar-refractivity contribution in [3.8, 4) is 17.2 Å². The van der Waals surface area contributed by atoms with Crippen molar-refractivity contribution in [1.29, 1.82) is 0 Å². The molecule has 1 N–H and O–H groups in total. The third-order valence-corrected chi connectivity index (χ3v) is 4.21. The maximum Gasteiger partial charge on any atom is 0.246 e. The Morgan fingerprint density at radius 2 is 1.68 bits per heavy atom. The lowest BCUT2D eigenvalue weighted by molar-refractivity contribution is -0.127. The van der Waals surface area contributed by atoms with Gasteiger partial charge in [-0.2, -0.15) is 0 Å². The smallest absolute Gasteiger partial charge is 0.246 e. The maximum absolute atomic E-state index is 12.4. The number of aliphatic hydroxyl groups is 1. The molecule has 1 heterocycles. The van der Waals surface area contributed by atoms with E-state index in [9.17, 15) is 4.79 Å². The third kappa shape index (κ3) is 4.87. The molecule has 0 aliphatic carbocycles. The van der Waals surface area contributed by atoms with Crippen LogP contribution in [0.4, 0.5) is 0 Å². The van der Waals surface area contributed by atoms with Crippen LogP contribution in [-0.2, 0) is 4.79 Å². The number of β-amino-alcohol motifs (C(OH)–C–C–N with tert-alkyl or cyclic N) is 1. The average Bonchev–Trinajstić information content (AvgIpc) is 2.65. The number of aliphatic hydroxyl groups excluding tert-OH is 1. The second-order valence-electron chi connectivity index (χ2n) is 5.68. The van der Waals surface area contributed by atoms with Crippen molar-refractivity contribution in [3.63, 3.8) is 0 Å². The van der Waals surface area contributed by atoms with E-state index in [2.05, 4.69) is 4.90 Å². The molecule has 1 aliphatic rings. The lowest BCUT2D eigenvalue weighted by Crippen LogP contribution is -2.48. The minimum atomic E-state index is -0.0302. The van der Waals surface area contributed by atoms with Gasteiger partial charge in [-0.25, -0.2) is 0 Å². The van der Waals surface area contributed by atoms with Gasteiger partial charge < -0.3 is 24.2 Å². The molecule has 7 heteroatoms. The van der Waals surface area contributed by atoms with E-state index in [4.69, 9.17) is 19.3 Å². The van der Waals surface area contributed by atoms with E-state index < -0.39 is 0 Å². The number of benzene rings is 1. The van der Waals surface area contributed by atoms with Crippen molar-refractivity contribution in [2.45, 2.75) is 0 Å². The topological polar surface area (TPSA) is 71.5 Å². The summed E-state index contributed by atoms with van der Waals surface area (Å²) in [7, 11) is 4.67. The number of nitrogens with zero attached hydrogens (tertiary/aromatic N) is 2. The van der Waals surface area contributed by atoms with Gasteiger partial charge in [0.25, 0.3) is 0 Å². The molecule has 7 nitrogen and oxygen atoms in total. The van der Waals surface area contributed by atoms with Crippen LogP contribution in [0.2, 0.25) is 0 Å². The highest BCUT2D eigenvalue weighted by atomic mass is 16.5. The van der Waals surface area contributed by atoms with Crippen molar-refractivity contribution in [3.05, 3.63) is 23.8 Å². The van der Waals surface area contributed by atoms with E-state index in [0.29, 0.717) is 36.9 Å². The van der Waals surface area contributed by atoms with Crippen LogP contribution < -0.4 is 14.2 Å². The molecule has 138 valence electrons. The quantitative estimate of drug-likeness (QED) is 0.736. The summed E-state index contributed by atoms with van der Waals surface area (Å²) in [5, 5.41) is 8.96. The number of ether oxygens (including phenoxy) is 3. The molecule has 1 amide bonds. The zero-order valence-corrected chi connectivity index (χ0v) is 15.0. The Morgan fingerprint density at radius 1 is 1.08 bits per heavy atom. The van der Waals surface area contributed by atoms with Crippen molar-refractivity contribution in [2.75, 3.05) is 60.7 Å². The molecule has 0 radical (unpaired) electrons. The van der Waals surface area contributed by atoms with Gasteiger partial charge in [0, 0.05) is 38.8 Å². The fraction of sp³-hybridized carbons (Fsp3) is 0.500. The molecular weight excluding hydrogens is 324 g/mol. The number of hydrogen-bond acceptors (Lipinski definition) is 6. The molecule has 0 unspecified atom stereocenters. The first-order chi connectivity index (χ1) is 12.1. The largest absolute Gasteiger partial charge is 0.493 e. The Morgan fingerprint density at radius 3 is 2.16 bits per heavy atom. The molecule has 1 saturated heterocycles. The van der Waals surface area contributed by atoms with Gasteiger partial charge in [-0.05, 0) is 23.8 Å². The van der Waals surface area contributed by atoms with E-state index in [1.807, 2.05) is 4.90 Å². The van der Waals surface area contributed by atoms with Gasteiger partial charge in [0.2, 0.25) is 11.7 Å². The number of methoxy groups -OCH3 is 3. The van der Waals surface area contributed by atoms with Crippen LogP contribution in [0.25, 0.3) is 6.08 Å². The molecule has 0 atom stereocenters. The Labute approximate surface area is 148 Å². The Bertz CT molecular complexity index is 584. The molecule has 0 saturated carbocycles. The normalized spacial score (nSPS) is 15.4. The monoisotopic (exact) mass is 350 g/mol. The summed E-state index contributed by atoms with van der Waals surface area (Å²) in [4.78, 5) is 16.3. The first-order valence-corrected chi connectivity index (χ1v) is 8.23. The molecule has 1 fully saturated rings. The Hall–Kier alpha value is -2.25. The van der Waals surface area contributed by atoms with E-state index in [1.54, 1.807) is 45.6 Å². The summed E-state index contributed by atoms with van der Waals surface area (Å²) >= 11 is 0. The van der Waals surface area contributed by atoms with Crippen LogP contribution >= 0.6 is 0 Å². The van der Waals surface area contributed by atoms with Crippen molar-refractivity contribution in [2.24, 2.45) is 0 Å². The van der Waals surface area contributed by atoms with E-state index in [1.165, 1.54) is 0 Å². The zero-order chi connectivity index (χ0) is 18.2. The Kier molecular flexibility index (Phi) is 7.09. The summed E-state index contributed by atoms with van der Waals surface area (Å²) in [5.74, 6) is 1.59. The van der Waals surface area contributed by atoms with E-state index >= 15 is 0 Å². The zero-order valence-electron chi connectivity index (χ0n) is 15.0. The van der Waals surface area contributed by atoms with Gasteiger partial charge >= 0.3 is 0 Å². The molecule has 1 aromatic carbocycles. The summed E-state index contributed by atoms with van der Waals surface area (Å²) in [6, 6.07) is 3.59. The molecule has 1 aromatic rings.